The molecule has 0 saturated carbocycles. The number of nitrogens with one attached hydrogen (secondary N) is 2. The molecule has 1 fully saturated rings. The molecule has 0 aromatic carbocycles. The highest BCUT2D eigenvalue weighted by Gasteiger charge is 2.30. The zero-order valence-corrected chi connectivity index (χ0v) is 7.66. The Balaban J connectivity index is 2.06. The summed E-state index contributed by atoms with van der Waals surface area (Å²) in [7, 11) is 0. The summed E-state index contributed by atoms with van der Waals surface area (Å²) >= 11 is 0. The summed E-state index contributed by atoms with van der Waals surface area (Å²) in [6, 6.07) is 2.02. The SMILES string of the molecule is O=C1CC(Nc2ccc(F)cn2)C(=O)N1. The average Bonchev–Trinajstić information content (AvgIpc) is 2.49. The van der Waals surface area contributed by atoms with E-state index in [-0.39, 0.29) is 18.2 Å². The number of anilines is 1. The van der Waals surface area contributed by atoms with Crippen LogP contribution in [-0.4, -0.2) is 22.8 Å². The van der Waals surface area contributed by atoms with Crippen molar-refractivity contribution in [2.75, 3.05) is 5.32 Å². The molecule has 1 aromatic heterocycles. The highest BCUT2D eigenvalue weighted by molar-refractivity contribution is 6.06. The summed E-state index contributed by atoms with van der Waals surface area (Å²) in [6.45, 7) is 0. The molecule has 6 heteroatoms. The van der Waals surface area contributed by atoms with Crippen molar-refractivity contribution in [3.05, 3.63) is 24.1 Å². The van der Waals surface area contributed by atoms with E-state index >= 15 is 0 Å². The van der Waals surface area contributed by atoms with Gasteiger partial charge in [-0.25, -0.2) is 9.37 Å². The first-order valence-electron chi connectivity index (χ1n) is 4.37. The summed E-state index contributed by atoms with van der Waals surface area (Å²) < 4.78 is 12.5. The van der Waals surface area contributed by atoms with Crippen LogP contribution in [0.15, 0.2) is 18.3 Å². The van der Waals surface area contributed by atoms with Crippen LogP contribution >= 0.6 is 0 Å². The lowest BCUT2D eigenvalue weighted by Gasteiger charge is -2.08. The van der Waals surface area contributed by atoms with Gasteiger partial charge in [-0.15, -0.1) is 0 Å². The molecule has 2 N–H and O–H groups in total. The monoisotopic (exact) mass is 209 g/mol. The Morgan fingerprint density at radius 3 is 2.80 bits per heavy atom. The van der Waals surface area contributed by atoms with E-state index in [1.807, 2.05) is 0 Å². The Morgan fingerprint density at radius 2 is 2.27 bits per heavy atom. The molecule has 1 aliphatic rings. The fourth-order valence-electron chi connectivity index (χ4n) is 1.31. The number of amides is 2. The molecule has 78 valence electrons. The van der Waals surface area contributed by atoms with E-state index in [4.69, 9.17) is 0 Å². The Hall–Kier alpha value is -1.98. The quantitative estimate of drug-likeness (QED) is 0.675. The van der Waals surface area contributed by atoms with Crippen molar-refractivity contribution in [2.24, 2.45) is 0 Å². The van der Waals surface area contributed by atoms with Gasteiger partial charge in [0.25, 0.3) is 0 Å². The van der Waals surface area contributed by atoms with E-state index in [1.165, 1.54) is 12.1 Å². The molecular formula is C9H8FN3O2. The molecule has 1 aliphatic heterocycles. The van der Waals surface area contributed by atoms with Crippen molar-refractivity contribution >= 4 is 17.6 Å². The van der Waals surface area contributed by atoms with Crippen LogP contribution in [0.1, 0.15) is 6.42 Å². The summed E-state index contributed by atoms with van der Waals surface area (Å²) in [5.74, 6) is -0.788. The van der Waals surface area contributed by atoms with Crippen LogP contribution in [0.3, 0.4) is 0 Å². The zero-order valence-electron chi connectivity index (χ0n) is 7.66. The minimum absolute atomic E-state index is 0.0812. The van der Waals surface area contributed by atoms with Crippen LogP contribution < -0.4 is 10.6 Å². The molecule has 2 amide bonds. The Labute approximate surface area is 84.7 Å². The number of carbonyl (C=O) groups excluding carboxylic acids is 2. The first-order chi connectivity index (χ1) is 7.15. The summed E-state index contributed by atoms with van der Waals surface area (Å²) in [5, 5.41) is 4.89. The largest absolute Gasteiger partial charge is 0.358 e. The van der Waals surface area contributed by atoms with Crippen LogP contribution in [0.4, 0.5) is 10.2 Å². The molecule has 0 bridgehead atoms. The molecule has 2 rings (SSSR count). The van der Waals surface area contributed by atoms with Crippen molar-refractivity contribution in [3.8, 4) is 0 Å². The van der Waals surface area contributed by atoms with Gasteiger partial charge in [-0.1, -0.05) is 0 Å². The lowest BCUT2D eigenvalue weighted by molar-refractivity contribution is -0.124. The predicted octanol–water partition coefficient (Wildman–Crippen LogP) is 0.0477. The molecule has 5 nitrogen and oxygen atoms in total. The molecule has 1 aromatic rings. The van der Waals surface area contributed by atoms with Gasteiger partial charge in [-0.05, 0) is 12.1 Å². The summed E-state index contributed by atoms with van der Waals surface area (Å²) in [4.78, 5) is 25.7. The van der Waals surface area contributed by atoms with E-state index < -0.39 is 11.9 Å². The number of rotatable bonds is 2. The number of hydrogen-bond donors (Lipinski definition) is 2. The molecule has 1 unspecified atom stereocenters. The van der Waals surface area contributed by atoms with E-state index in [0.717, 1.165) is 6.20 Å². The molecule has 1 atom stereocenters. The predicted molar refractivity (Wildman–Crippen MR) is 49.4 cm³/mol. The van der Waals surface area contributed by atoms with E-state index in [2.05, 4.69) is 15.6 Å². The van der Waals surface area contributed by atoms with Gasteiger partial charge in [0.05, 0.1) is 12.6 Å². The van der Waals surface area contributed by atoms with Crippen LogP contribution in [0.5, 0.6) is 0 Å². The lowest BCUT2D eigenvalue weighted by atomic mass is 10.2. The van der Waals surface area contributed by atoms with Gasteiger partial charge < -0.3 is 5.32 Å². The lowest BCUT2D eigenvalue weighted by Crippen LogP contribution is -2.30. The van der Waals surface area contributed by atoms with Crippen LogP contribution in [0.25, 0.3) is 0 Å². The van der Waals surface area contributed by atoms with Crippen LogP contribution in [0.2, 0.25) is 0 Å². The van der Waals surface area contributed by atoms with Crippen molar-refractivity contribution in [2.45, 2.75) is 12.5 Å². The van der Waals surface area contributed by atoms with E-state index in [1.54, 1.807) is 0 Å². The highest BCUT2D eigenvalue weighted by Crippen LogP contribution is 2.10. The van der Waals surface area contributed by atoms with Gasteiger partial charge >= 0.3 is 0 Å². The minimum atomic E-state index is -0.615. The second-order valence-corrected chi connectivity index (χ2v) is 3.18. The fourth-order valence-corrected chi connectivity index (χ4v) is 1.31. The highest BCUT2D eigenvalue weighted by atomic mass is 19.1. The number of halogens is 1. The molecule has 1 saturated heterocycles. The number of imide groups is 1. The Bertz CT molecular complexity index is 404. The number of carbonyl (C=O) groups is 2. The van der Waals surface area contributed by atoms with Crippen molar-refractivity contribution in [1.82, 2.24) is 10.3 Å². The third-order valence-electron chi connectivity index (χ3n) is 2.02. The Morgan fingerprint density at radius 1 is 1.47 bits per heavy atom. The second kappa shape index (κ2) is 3.64. The van der Waals surface area contributed by atoms with Gasteiger partial charge in [0.15, 0.2) is 0 Å². The number of aromatic nitrogens is 1. The van der Waals surface area contributed by atoms with Gasteiger partial charge in [-0.2, -0.15) is 0 Å². The van der Waals surface area contributed by atoms with Gasteiger partial charge in [0, 0.05) is 0 Å². The topological polar surface area (TPSA) is 71.1 Å². The average molecular weight is 209 g/mol. The van der Waals surface area contributed by atoms with Crippen LogP contribution in [-0.2, 0) is 9.59 Å². The first kappa shape index (κ1) is 9.57. The third-order valence-corrected chi connectivity index (χ3v) is 2.02. The molecule has 2 heterocycles. The summed E-state index contributed by atoms with van der Waals surface area (Å²) in [5.41, 5.74) is 0. The van der Waals surface area contributed by atoms with Gasteiger partial charge in [0.2, 0.25) is 11.8 Å². The van der Waals surface area contributed by atoms with Gasteiger partial charge in [-0.3, -0.25) is 14.9 Å². The third kappa shape index (κ3) is 2.09. The molecule has 0 radical (unpaired) electrons. The minimum Gasteiger partial charge on any atom is -0.358 e. The van der Waals surface area contributed by atoms with E-state index in [0.29, 0.717) is 5.82 Å². The molecule has 0 spiro atoms. The zero-order chi connectivity index (χ0) is 10.8. The first-order valence-corrected chi connectivity index (χ1v) is 4.37. The maximum atomic E-state index is 12.5. The number of pyridine rings is 1. The maximum absolute atomic E-state index is 12.5. The van der Waals surface area contributed by atoms with Crippen molar-refractivity contribution in [3.63, 3.8) is 0 Å². The standard InChI is InChI=1S/C9H8FN3O2/c10-5-1-2-7(11-4-5)12-6-3-8(14)13-9(6)15/h1-2,4,6H,3H2,(H,11,12)(H,13,14,15). The fraction of sp³-hybridized carbons (Fsp3) is 0.222. The second-order valence-electron chi connectivity index (χ2n) is 3.18. The van der Waals surface area contributed by atoms with E-state index in [9.17, 15) is 14.0 Å². The summed E-state index contributed by atoms with van der Waals surface area (Å²) in [6.07, 6.45) is 1.12. The molecular weight excluding hydrogens is 201 g/mol. The maximum Gasteiger partial charge on any atom is 0.249 e. The molecule has 15 heavy (non-hydrogen) atoms. The Kier molecular flexibility index (Phi) is 2.32. The number of nitrogens with zero attached hydrogens (tertiary/aromatic N) is 1. The normalized spacial score (nSPS) is 20.2. The van der Waals surface area contributed by atoms with Crippen molar-refractivity contribution in [1.29, 1.82) is 0 Å². The smallest absolute Gasteiger partial charge is 0.249 e. The number of hydrogen-bond acceptors (Lipinski definition) is 4. The van der Waals surface area contributed by atoms with Crippen LogP contribution in [0, 0.1) is 5.82 Å². The van der Waals surface area contributed by atoms with Gasteiger partial charge in [0.1, 0.15) is 17.7 Å². The molecule has 0 aliphatic carbocycles. The van der Waals surface area contributed by atoms with Crippen molar-refractivity contribution < 1.29 is 14.0 Å².